The van der Waals surface area contributed by atoms with Gasteiger partial charge < -0.3 is 14.8 Å². The molecule has 0 spiro atoms. The molecule has 140 valence electrons. The van der Waals surface area contributed by atoms with E-state index in [1.165, 1.54) is 19.3 Å². The summed E-state index contributed by atoms with van der Waals surface area (Å²) in [4.78, 5) is 34.7. The molecule has 2 aromatic rings. The highest BCUT2D eigenvalue weighted by molar-refractivity contribution is 6.30. The topological polar surface area (TPSA) is 81.7 Å². The number of rotatable bonds is 7. The molecule has 0 bridgehead atoms. The summed E-state index contributed by atoms with van der Waals surface area (Å²) >= 11 is 5.79. The molecular weight excluding hydrogens is 370 g/mol. The molecule has 0 aromatic heterocycles. The zero-order chi connectivity index (χ0) is 19.6. The Balaban J connectivity index is 1.74. The van der Waals surface area contributed by atoms with Crippen LogP contribution in [0.3, 0.4) is 0 Å². The minimum absolute atomic E-state index is 0.315. The van der Waals surface area contributed by atoms with Gasteiger partial charge in [-0.05, 0) is 41.5 Å². The fourth-order valence-corrected chi connectivity index (χ4v) is 2.18. The molecule has 2 aromatic carbocycles. The number of methoxy groups -OCH3 is 1. The molecule has 0 unspecified atom stereocenters. The quantitative estimate of drug-likeness (QED) is 0.583. The normalized spacial score (nSPS) is 10.4. The first-order valence-electron chi connectivity index (χ1n) is 8.02. The Bertz CT molecular complexity index is 828. The van der Waals surface area contributed by atoms with Gasteiger partial charge >= 0.3 is 11.9 Å². The zero-order valence-electron chi connectivity index (χ0n) is 14.6. The van der Waals surface area contributed by atoms with E-state index in [1.54, 1.807) is 48.5 Å². The first kappa shape index (κ1) is 20.2. The van der Waals surface area contributed by atoms with Gasteiger partial charge in [0.15, 0.2) is 6.61 Å². The highest BCUT2D eigenvalue weighted by Gasteiger charge is 2.06. The number of hydrogen-bond acceptors (Lipinski definition) is 5. The van der Waals surface area contributed by atoms with E-state index < -0.39 is 17.8 Å². The number of esters is 2. The van der Waals surface area contributed by atoms with E-state index in [9.17, 15) is 14.4 Å². The fraction of sp³-hybridized carbons (Fsp3) is 0.150. The number of ether oxygens (including phenoxy) is 2. The molecule has 7 heteroatoms. The van der Waals surface area contributed by atoms with Crippen molar-refractivity contribution in [3.05, 3.63) is 76.3 Å². The van der Waals surface area contributed by atoms with Crippen molar-refractivity contribution in [3.8, 4) is 0 Å². The van der Waals surface area contributed by atoms with Crippen molar-refractivity contribution in [1.82, 2.24) is 5.32 Å². The largest absolute Gasteiger partial charge is 0.465 e. The van der Waals surface area contributed by atoms with Crippen LogP contribution in [-0.4, -0.2) is 31.6 Å². The highest BCUT2D eigenvalue weighted by atomic mass is 35.5. The second-order valence-corrected chi connectivity index (χ2v) is 5.89. The standard InChI is InChI=1S/C20H18ClNO5/c1-26-20(25)16-7-2-14(3-8-16)6-11-19(24)27-13-18(23)22-12-15-4-9-17(21)10-5-15/h2-11H,12-13H2,1H3,(H,22,23)/b11-6+. The van der Waals surface area contributed by atoms with Gasteiger partial charge in [0.1, 0.15) is 0 Å². The summed E-state index contributed by atoms with van der Waals surface area (Å²) in [6.07, 6.45) is 2.73. The first-order valence-corrected chi connectivity index (χ1v) is 8.40. The molecule has 0 aliphatic carbocycles. The molecule has 1 N–H and O–H groups in total. The van der Waals surface area contributed by atoms with Crippen molar-refractivity contribution in [2.75, 3.05) is 13.7 Å². The number of hydrogen-bond donors (Lipinski definition) is 1. The summed E-state index contributed by atoms with van der Waals surface area (Å²) in [6.45, 7) is -0.0615. The van der Waals surface area contributed by atoms with Crippen LogP contribution in [0.1, 0.15) is 21.5 Å². The second kappa shape index (κ2) is 10.1. The third kappa shape index (κ3) is 6.95. The van der Waals surface area contributed by atoms with Gasteiger partial charge in [0.05, 0.1) is 12.7 Å². The number of nitrogens with one attached hydrogen (secondary N) is 1. The monoisotopic (exact) mass is 387 g/mol. The summed E-state index contributed by atoms with van der Waals surface area (Å²) in [5.74, 6) is -1.49. The van der Waals surface area contributed by atoms with Gasteiger partial charge in [-0.1, -0.05) is 35.9 Å². The van der Waals surface area contributed by atoms with Crippen LogP contribution in [0.4, 0.5) is 0 Å². The summed E-state index contributed by atoms with van der Waals surface area (Å²) in [6, 6.07) is 13.5. The maximum absolute atomic E-state index is 11.7. The minimum Gasteiger partial charge on any atom is -0.465 e. The zero-order valence-corrected chi connectivity index (χ0v) is 15.4. The molecule has 1 amide bonds. The van der Waals surface area contributed by atoms with Crippen LogP contribution in [0.15, 0.2) is 54.6 Å². The molecule has 0 aliphatic heterocycles. The van der Waals surface area contributed by atoms with Crippen LogP contribution in [0, 0.1) is 0 Å². The number of amides is 1. The molecule has 0 radical (unpaired) electrons. The molecule has 0 atom stereocenters. The maximum Gasteiger partial charge on any atom is 0.337 e. The lowest BCUT2D eigenvalue weighted by Crippen LogP contribution is -2.28. The summed E-state index contributed by atoms with van der Waals surface area (Å²) in [7, 11) is 1.30. The lowest BCUT2D eigenvalue weighted by molar-refractivity contribution is -0.143. The van der Waals surface area contributed by atoms with Gasteiger partial charge in [-0.2, -0.15) is 0 Å². The van der Waals surface area contributed by atoms with Crippen LogP contribution in [-0.2, 0) is 25.6 Å². The van der Waals surface area contributed by atoms with Crippen LogP contribution in [0.2, 0.25) is 5.02 Å². The van der Waals surface area contributed by atoms with E-state index in [2.05, 4.69) is 10.1 Å². The van der Waals surface area contributed by atoms with Gasteiger partial charge in [0, 0.05) is 17.6 Å². The third-order valence-corrected chi connectivity index (χ3v) is 3.74. The lowest BCUT2D eigenvalue weighted by Gasteiger charge is -2.05. The molecule has 0 aliphatic rings. The van der Waals surface area contributed by atoms with Crippen molar-refractivity contribution in [2.24, 2.45) is 0 Å². The highest BCUT2D eigenvalue weighted by Crippen LogP contribution is 2.09. The van der Waals surface area contributed by atoms with Gasteiger partial charge in [-0.25, -0.2) is 9.59 Å². The van der Waals surface area contributed by atoms with Crippen molar-refractivity contribution < 1.29 is 23.9 Å². The molecule has 27 heavy (non-hydrogen) atoms. The van der Waals surface area contributed by atoms with E-state index in [0.717, 1.165) is 5.56 Å². The number of halogens is 1. The van der Waals surface area contributed by atoms with E-state index in [0.29, 0.717) is 22.7 Å². The summed E-state index contributed by atoms with van der Waals surface area (Å²) in [5.41, 5.74) is 2.00. The van der Waals surface area contributed by atoms with Crippen molar-refractivity contribution in [2.45, 2.75) is 6.54 Å². The molecule has 0 heterocycles. The second-order valence-electron chi connectivity index (χ2n) is 5.46. The average Bonchev–Trinajstić information content (AvgIpc) is 2.70. The lowest BCUT2D eigenvalue weighted by atomic mass is 10.1. The van der Waals surface area contributed by atoms with Crippen molar-refractivity contribution in [1.29, 1.82) is 0 Å². The van der Waals surface area contributed by atoms with E-state index in [-0.39, 0.29) is 6.61 Å². The predicted octanol–water partition coefficient (Wildman–Crippen LogP) is 3.00. The Morgan fingerprint density at radius 2 is 1.70 bits per heavy atom. The Labute approximate surface area is 161 Å². The van der Waals surface area contributed by atoms with Gasteiger partial charge in [0.2, 0.25) is 0 Å². The molecule has 6 nitrogen and oxygen atoms in total. The third-order valence-electron chi connectivity index (χ3n) is 3.49. The predicted molar refractivity (Wildman–Crippen MR) is 101 cm³/mol. The molecule has 0 saturated heterocycles. The van der Waals surface area contributed by atoms with E-state index in [1.807, 2.05) is 0 Å². The Morgan fingerprint density at radius 3 is 2.33 bits per heavy atom. The van der Waals surface area contributed by atoms with Gasteiger partial charge in [-0.15, -0.1) is 0 Å². The molecular formula is C20H18ClNO5. The summed E-state index contributed by atoms with van der Waals surface area (Å²) < 4.78 is 9.49. The number of benzene rings is 2. The minimum atomic E-state index is -0.645. The van der Waals surface area contributed by atoms with Crippen LogP contribution in [0.25, 0.3) is 6.08 Å². The van der Waals surface area contributed by atoms with Crippen molar-refractivity contribution in [3.63, 3.8) is 0 Å². The molecule has 0 fully saturated rings. The van der Waals surface area contributed by atoms with Gasteiger partial charge in [-0.3, -0.25) is 4.79 Å². The maximum atomic E-state index is 11.7. The molecule has 0 saturated carbocycles. The van der Waals surface area contributed by atoms with Crippen LogP contribution < -0.4 is 5.32 Å². The van der Waals surface area contributed by atoms with Gasteiger partial charge in [0.25, 0.3) is 5.91 Å². The number of carbonyl (C=O) groups excluding carboxylic acids is 3. The SMILES string of the molecule is COC(=O)c1ccc(/C=C/C(=O)OCC(=O)NCc2ccc(Cl)cc2)cc1. The van der Waals surface area contributed by atoms with E-state index >= 15 is 0 Å². The Hall–Kier alpha value is -3.12. The van der Waals surface area contributed by atoms with E-state index in [4.69, 9.17) is 16.3 Å². The van der Waals surface area contributed by atoms with Crippen LogP contribution >= 0.6 is 11.6 Å². The number of carbonyl (C=O) groups is 3. The molecule has 2 rings (SSSR count). The van der Waals surface area contributed by atoms with Crippen molar-refractivity contribution >= 4 is 35.5 Å². The Morgan fingerprint density at radius 1 is 1.04 bits per heavy atom. The fourth-order valence-electron chi connectivity index (χ4n) is 2.05. The smallest absolute Gasteiger partial charge is 0.337 e. The first-order chi connectivity index (χ1) is 13.0. The average molecular weight is 388 g/mol. The summed E-state index contributed by atoms with van der Waals surface area (Å²) in [5, 5.41) is 3.26. The van der Waals surface area contributed by atoms with Crippen LogP contribution in [0.5, 0.6) is 0 Å². The Kier molecular flexibility index (Phi) is 7.58.